The number of aromatic hydroxyl groups is 1. The summed E-state index contributed by atoms with van der Waals surface area (Å²) in [5, 5.41) is 23.0. The van der Waals surface area contributed by atoms with Gasteiger partial charge in [-0.05, 0) is 40.7 Å². The molecule has 7 nitrogen and oxygen atoms in total. The van der Waals surface area contributed by atoms with Gasteiger partial charge in [-0.3, -0.25) is 4.79 Å². The number of fused-ring (bicyclic) bond motifs is 1. The summed E-state index contributed by atoms with van der Waals surface area (Å²) in [4.78, 5) is 12.3. The number of nitrogens with zero attached hydrogens (tertiary/aromatic N) is 4. The van der Waals surface area contributed by atoms with Crippen LogP contribution in [0.4, 0.5) is 0 Å². The van der Waals surface area contributed by atoms with Crippen LogP contribution in [0.15, 0.2) is 41.5 Å². The molecule has 1 amide bonds. The van der Waals surface area contributed by atoms with Gasteiger partial charge >= 0.3 is 0 Å². The molecular formula is C23H29N5O2. The summed E-state index contributed by atoms with van der Waals surface area (Å²) < 4.78 is 1.54. The number of nitrogens with one attached hydrogen (secondary N) is 1. The second kappa shape index (κ2) is 7.89. The quantitative estimate of drug-likeness (QED) is 0.507. The van der Waals surface area contributed by atoms with E-state index in [-0.39, 0.29) is 23.3 Å². The molecule has 0 bridgehead atoms. The fourth-order valence-corrected chi connectivity index (χ4v) is 3.26. The van der Waals surface area contributed by atoms with Crippen molar-refractivity contribution >= 4 is 23.2 Å². The zero-order valence-electron chi connectivity index (χ0n) is 18.4. The molecule has 1 heterocycles. The third-order valence-electron chi connectivity index (χ3n) is 4.86. The molecule has 0 aliphatic rings. The molecule has 2 N–H and O–H groups in total. The van der Waals surface area contributed by atoms with E-state index >= 15 is 0 Å². The molecule has 158 valence electrons. The molecule has 0 unspecified atom stereocenters. The van der Waals surface area contributed by atoms with E-state index in [0.717, 1.165) is 27.7 Å². The number of carbonyl (C=O) groups is 1. The number of phenolic OH excluding ortho intramolecular Hbond substituents is 1. The van der Waals surface area contributed by atoms with Crippen LogP contribution >= 0.6 is 0 Å². The molecule has 0 atom stereocenters. The van der Waals surface area contributed by atoms with Gasteiger partial charge in [0.15, 0.2) is 0 Å². The van der Waals surface area contributed by atoms with E-state index in [0.29, 0.717) is 5.75 Å². The van der Waals surface area contributed by atoms with Crippen molar-refractivity contribution in [2.24, 2.45) is 5.10 Å². The predicted octanol–water partition coefficient (Wildman–Crippen LogP) is 3.88. The summed E-state index contributed by atoms with van der Waals surface area (Å²) in [5.74, 6) is 0.0158. The van der Waals surface area contributed by atoms with Crippen molar-refractivity contribution in [3.8, 4) is 5.75 Å². The van der Waals surface area contributed by atoms with E-state index in [1.165, 1.54) is 4.68 Å². The van der Waals surface area contributed by atoms with Crippen molar-refractivity contribution in [1.82, 2.24) is 20.4 Å². The number of phenols is 1. The van der Waals surface area contributed by atoms with Gasteiger partial charge in [-0.2, -0.15) is 5.10 Å². The lowest BCUT2D eigenvalue weighted by Gasteiger charge is -2.27. The van der Waals surface area contributed by atoms with Crippen LogP contribution in [0.2, 0.25) is 0 Å². The molecule has 0 saturated heterocycles. The van der Waals surface area contributed by atoms with Gasteiger partial charge in [0.05, 0.1) is 11.7 Å². The number of aromatic nitrogens is 3. The van der Waals surface area contributed by atoms with E-state index in [1.54, 1.807) is 6.21 Å². The van der Waals surface area contributed by atoms with Crippen molar-refractivity contribution in [2.75, 3.05) is 0 Å². The van der Waals surface area contributed by atoms with Gasteiger partial charge in [0.2, 0.25) is 0 Å². The highest BCUT2D eigenvalue weighted by atomic mass is 16.3. The summed E-state index contributed by atoms with van der Waals surface area (Å²) in [5.41, 5.74) is 6.12. The number of rotatable bonds is 4. The van der Waals surface area contributed by atoms with E-state index in [9.17, 15) is 9.90 Å². The summed E-state index contributed by atoms with van der Waals surface area (Å²) in [6.07, 6.45) is 1.60. The smallest absolute Gasteiger partial charge is 0.261 e. The van der Waals surface area contributed by atoms with Crippen LogP contribution < -0.4 is 5.43 Å². The second-order valence-corrected chi connectivity index (χ2v) is 9.49. The van der Waals surface area contributed by atoms with Crippen LogP contribution in [0.5, 0.6) is 5.75 Å². The zero-order chi connectivity index (χ0) is 22.1. The van der Waals surface area contributed by atoms with Crippen LogP contribution in [-0.4, -0.2) is 32.2 Å². The van der Waals surface area contributed by atoms with Crippen molar-refractivity contribution < 1.29 is 9.90 Å². The van der Waals surface area contributed by atoms with E-state index in [1.807, 2.05) is 36.4 Å². The average Bonchev–Trinajstić information content (AvgIpc) is 3.04. The first-order chi connectivity index (χ1) is 14.0. The van der Waals surface area contributed by atoms with Crippen LogP contribution in [0.3, 0.4) is 0 Å². The molecule has 7 heteroatoms. The van der Waals surface area contributed by atoms with Gasteiger partial charge in [-0.25, -0.2) is 10.1 Å². The lowest BCUT2D eigenvalue weighted by Crippen LogP contribution is -2.24. The van der Waals surface area contributed by atoms with E-state index in [2.05, 4.69) is 62.4 Å². The molecule has 30 heavy (non-hydrogen) atoms. The minimum Gasteiger partial charge on any atom is -0.507 e. The molecule has 0 saturated carbocycles. The zero-order valence-corrected chi connectivity index (χ0v) is 18.4. The van der Waals surface area contributed by atoms with Gasteiger partial charge in [-0.15, -0.1) is 5.10 Å². The Hall–Kier alpha value is -3.22. The Balaban J connectivity index is 1.79. The van der Waals surface area contributed by atoms with Crippen molar-refractivity contribution in [3.05, 3.63) is 53.1 Å². The maximum absolute atomic E-state index is 12.3. The van der Waals surface area contributed by atoms with Crippen molar-refractivity contribution in [3.63, 3.8) is 0 Å². The Morgan fingerprint density at radius 3 is 2.30 bits per heavy atom. The fourth-order valence-electron chi connectivity index (χ4n) is 3.26. The van der Waals surface area contributed by atoms with Gasteiger partial charge in [0.1, 0.15) is 17.8 Å². The SMILES string of the molecule is CC(C)(C)c1cc(/C=N\NC(=O)Cn2nnc3ccccc32)cc(C(C)(C)C)c1O. The molecular weight excluding hydrogens is 378 g/mol. The van der Waals surface area contributed by atoms with Crippen LogP contribution in [-0.2, 0) is 22.2 Å². The first-order valence-corrected chi connectivity index (χ1v) is 9.95. The predicted molar refractivity (Wildman–Crippen MR) is 119 cm³/mol. The Morgan fingerprint density at radius 2 is 1.70 bits per heavy atom. The monoisotopic (exact) mass is 407 g/mol. The molecule has 0 radical (unpaired) electrons. The first kappa shape index (κ1) is 21.5. The molecule has 0 fully saturated rings. The third kappa shape index (κ3) is 4.67. The Morgan fingerprint density at radius 1 is 1.10 bits per heavy atom. The summed E-state index contributed by atoms with van der Waals surface area (Å²) in [7, 11) is 0. The molecule has 0 spiro atoms. The maximum atomic E-state index is 12.3. The molecule has 0 aliphatic carbocycles. The number of hydrogen-bond acceptors (Lipinski definition) is 5. The molecule has 0 aliphatic heterocycles. The van der Waals surface area contributed by atoms with Crippen LogP contribution in [0.25, 0.3) is 11.0 Å². The standard InChI is InChI=1S/C23H29N5O2/c1-22(2,3)16-11-15(12-17(21(16)30)23(4,5)6)13-24-26-20(29)14-28-19-10-8-7-9-18(19)25-27-28/h7-13,30H,14H2,1-6H3,(H,26,29)/b24-13-. The minimum atomic E-state index is -0.298. The van der Waals surface area contributed by atoms with Crippen LogP contribution in [0, 0.1) is 0 Å². The molecule has 2 aromatic carbocycles. The summed E-state index contributed by atoms with van der Waals surface area (Å²) in [6.45, 7) is 12.4. The molecule has 3 rings (SSSR count). The van der Waals surface area contributed by atoms with Crippen LogP contribution in [0.1, 0.15) is 58.2 Å². The Bertz CT molecular complexity index is 1070. The number of para-hydroxylation sites is 1. The van der Waals surface area contributed by atoms with E-state index < -0.39 is 0 Å². The number of amides is 1. The van der Waals surface area contributed by atoms with Gasteiger partial charge < -0.3 is 5.11 Å². The second-order valence-electron chi connectivity index (χ2n) is 9.49. The first-order valence-electron chi connectivity index (χ1n) is 9.95. The molecule has 3 aromatic rings. The Kier molecular flexibility index (Phi) is 5.65. The number of hydrogen-bond donors (Lipinski definition) is 2. The summed E-state index contributed by atoms with van der Waals surface area (Å²) >= 11 is 0. The third-order valence-corrected chi connectivity index (χ3v) is 4.86. The normalized spacial score (nSPS) is 12.6. The Labute approximate surface area is 176 Å². The van der Waals surface area contributed by atoms with Gasteiger partial charge in [0.25, 0.3) is 5.91 Å². The van der Waals surface area contributed by atoms with E-state index in [4.69, 9.17) is 0 Å². The molecule has 1 aromatic heterocycles. The lowest BCUT2D eigenvalue weighted by molar-refractivity contribution is -0.121. The van der Waals surface area contributed by atoms with Crippen molar-refractivity contribution in [1.29, 1.82) is 0 Å². The van der Waals surface area contributed by atoms with Gasteiger partial charge in [0, 0.05) is 11.1 Å². The van der Waals surface area contributed by atoms with Crippen molar-refractivity contribution in [2.45, 2.75) is 58.9 Å². The lowest BCUT2D eigenvalue weighted by atomic mass is 9.78. The largest absolute Gasteiger partial charge is 0.507 e. The topological polar surface area (TPSA) is 92.4 Å². The highest BCUT2D eigenvalue weighted by Crippen LogP contribution is 2.39. The number of carbonyl (C=O) groups excluding carboxylic acids is 1. The highest BCUT2D eigenvalue weighted by molar-refractivity contribution is 5.84. The fraction of sp³-hybridized carbons (Fsp3) is 0.391. The maximum Gasteiger partial charge on any atom is 0.261 e. The minimum absolute atomic E-state index is 0.0217. The van der Waals surface area contributed by atoms with Gasteiger partial charge in [-0.1, -0.05) is 58.9 Å². The summed E-state index contributed by atoms with van der Waals surface area (Å²) in [6, 6.07) is 11.3. The highest BCUT2D eigenvalue weighted by Gasteiger charge is 2.26. The number of benzene rings is 2. The average molecular weight is 408 g/mol. The number of hydrazone groups is 1.